The van der Waals surface area contributed by atoms with Gasteiger partial charge in [-0.05, 0) is 5.56 Å². The van der Waals surface area contributed by atoms with Gasteiger partial charge < -0.3 is 14.2 Å². The zero-order chi connectivity index (χ0) is 13.3. The molecule has 2 aliphatic heterocycles. The van der Waals surface area contributed by atoms with Gasteiger partial charge in [-0.1, -0.05) is 30.3 Å². The highest BCUT2D eigenvalue weighted by molar-refractivity contribution is 5.89. The predicted octanol–water partition coefficient (Wildman–Crippen LogP) is 1.20. The first kappa shape index (κ1) is 12.2. The van der Waals surface area contributed by atoms with Gasteiger partial charge in [-0.25, -0.2) is 4.79 Å². The molecule has 0 aromatic heterocycles. The van der Waals surface area contributed by atoms with Gasteiger partial charge in [-0.15, -0.1) is 0 Å². The van der Waals surface area contributed by atoms with Crippen LogP contribution < -0.4 is 0 Å². The summed E-state index contributed by atoms with van der Waals surface area (Å²) in [6, 6.07) is 9.60. The van der Waals surface area contributed by atoms with Gasteiger partial charge in [0.15, 0.2) is 0 Å². The van der Waals surface area contributed by atoms with Gasteiger partial charge in [-0.2, -0.15) is 0 Å². The van der Waals surface area contributed by atoms with E-state index in [0.717, 1.165) is 5.56 Å². The fourth-order valence-corrected chi connectivity index (χ4v) is 2.50. The van der Waals surface area contributed by atoms with Crippen LogP contribution in [-0.2, 0) is 30.4 Å². The molecule has 0 bridgehead atoms. The third kappa shape index (κ3) is 2.10. The van der Waals surface area contributed by atoms with E-state index in [0.29, 0.717) is 13.0 Å². The summed E-state index contributed by atoms with van der Waals surface area (Å²) in [6.45, 7) is 0.620. The third-order valence-corrected chi connectivity index (χ3v) is 3.51. The molecular formula is C14H14O5. The van der Waals surface area contributed by atoms with Crippen LogP contribution in [0.15, 0.2) is 30.3 Å². The van der Waals surface area contributed by atoms with Gasteiger partial charge >= 0.3 is 11.9 Å². The maximum atomic E-state index is 11.8. The van der Waals surface area contributed by atoms with Gasteiger partial charge in [0.05, 0.1) is 19.6 Å². The molecule has 19 heavy (non-hydrogen) atoms. The normalized spacial score (nSPS) is 29.6. The van der Waals surface area contributed by atoms with E-state index in [1.54, 1.807) is 0 Å². The Morgan fingerprint density at radius 3 is 2.74 bits per heavy atom. The highest BCUT2D eigenvalue weighted by atomic mass is 16.6. The van der Waals surface area contributed by atoms with Crippen LogP contribution >= 0.6 is 0 Å². The van der Waals surface area contributed by atoms with Crippen LogP contribution in [0.5, 0.6) is 0 Å². The molecule has 5 heteroatoms. The summed E-state index contributed by atoms with van der Waals surface area (Å²) in [4.78, 5) is 23.2. The molecule has 3 rings (SSSR count). The first-order valence-electron chi connectivity index (χ1n) is 6.25. The monoisotopic (exact) mass is 262 g/mol. The van der Waals surface area contributed by atoms with Crippen LogP contribution in [0.4, 0.5) is 0 Å². The molecule has 2 saturated heterocycles. The van der Waals surface area contributed by atoms with E-state index in [1.165, 1.54) is 0 Å². The molecule has 0 unspecified atom stereocenters. The van der Waals surface area contributed by atoms with Crippen molar-refractivity contribution in [3.8, 4) is 0 Å². The molecule has 2 atom stereocenters. The lowest BCUT2D eigenvalue weighted by molar-refractivity contribution is -0.171. The summed E-state index contributed by atoms with van der Waals surface area (Å²) in [7, 11) is 0. The number of benzene rings is 1. The van der Waals surface area contributed by atoms with Crippen molar-refractivity contribution in [2.24, 2.45) is 0 Å². The molecule has 0 saturated carbocycles. The number of rotatable bonds is 3. The lowest BCUT2D eigenvalue weighted by Gasteiger charge is -2.24. The quantitative estimate of drug-likeness (QED) is 0.766. The Hall–Kier alpha value is -1.88. The number of hydrogen-bond donors (Lipinski definition) is 0. The fraction of sp³-hybridized carbons (Fsp3) is 0.429. The minimum atomic E-state index is -1.22. The summed E-state index contributed by atoms with van der Waals surface area (Å²) in [5, 5.41) is 0. The van der Waals surface area contributed by atoms with Crippen LogP contribution in [0.1, 0.15) is 18.4 Å². The molecule has 1 aromatic rings. The van der Waals surface area contributed by atoms with Gasteiger partial charge in [0, 0.05) is 6.42 Å². The van der Waals surface area contributed by atoms with Crippen LogP contribution in [0, 0.1) is 0 Å². The highest BCUT2D eigenvalue weighted by Gasteiger charge is 2.60. The Balaban J connectivity index is 1.72. The molecule has 0 aliphatic carbocycles. The summed E-state index contributed by atoms with van der Waals surface area (Å²) in [5.41, 5.74) is -0.227. The lowest BCUT2D eigenvalue weighted by atomic mass is 9.95. The molecular weight excluding hydrogens is 248 g/mol. The van der Waals surface area contributed by atoms with Crippen molar-refractivity contribution in [1.29, 1.82) is 0 Å². The average molecular weight is 262 g/mol. The van der Waals surface area contributed by atoms with E-state index in [2.05, 4.69) is 0 Å². The van der Waals surface area contributed by atoms with Crippen molar-refractivity contribution in [2.45, 2.75) is 31.2 Å². The van der Waals surface area contributed by atoms with E-state index in [1.807, 2.05) is 30.3 Å². The molecule has 0 radical (unpaired) electrons. The summed E-state index contributed by atoms with van der Waals surface area (Å²) < 4.78 is 15.8. The highest BCUT2D eigenvalue weighted by Crippen LogP contribution is 2.38. The van der Waals surface area contributed by atoms with E-state index >= 15 is 0 Å². The number of hydrogen-bond acceptors (Lipinski definition) is 5. The van der Waals surface area contributed by atoms with Crippen LogP contribution in [0.3, 0.4) is 0 Å². The standard InChI is InChI=1S/C14H14O5/c15-12-8-11(14(19-12)6-7-17-13(14)16)18-9-10-4-2-1-3-5-10/h1-5,11H,6-9H2/t11-,14+/m1/s1. The van der Waals surface area contributed by atoms with E-state index in [9.17, 15) is 9.59 Å². The Morgan fingerprint density at radius 2 is 2.05 bits per heavy atom. The summed E-state index contributed by atoms with van der Waals surface area (Å²) >= 11 is 0. The Labute approximate surface area is 110 Å². The molecule has 0 N–H and O–H groups in total. The summed E-state index contributed by atoms with van der Waals surface area (Å²) in [5.74, 6) is -0.895. The first-order chi connectivity index (χ1) is 9.21. The van der Waals surface area contributed by atoms with Crippen molar-refractivity contribution in [2.75, 3.05) is 6.61 Å². The zero-order valence-corrected chi connectivity index (χ0v) is 10.3. The molecule has 2 aliphatic rings. The topological polar surface area (TPSA) is 61.8 Å². The van der Waals surface area contributed by atoms with Gasteiger partial charge in [0.1, 0.15) is 6.10 Å². The number of ether oxygens (including phenoxy) is 3. The molecule has 0 amide bonds. The summed E-state index contributed by atoms with van der Waals surface area (Å²) in [6.07, 6.45) is -0.0888. The SMILES string of the molecule is O=C1C[C@@H](OCc2ccccc2)[C@]2(CCOC2=O)O1. The smallest absolute Gasteiger partial charge is 0.353 e. The number of cyclic esters (lactones) is 1. The second-order valence-electron chi connectivity index (χ2n) is 4.74. The third-order valence-electron chi connectivity index (χ3n) is 3.51. The Bertz CT molecular complexity index is 498. The molecule has 1 aromatic carbocycles. The molecule has 5 nitrogen and oxygen atoms in total. The molecule has 2 fully saturated rings. The van der Waals surface area contributed by atoms with Crippen molar-refractivity contribution in [3.05, 3.63) is 35.9 Å². The van der Waals surface area contributed by atoms with Crippen molar-refractivity contribution < 1.29 is 23.8 Å². The fourth-order valence-electron chi connectivity index (χ4n) is 2.50. The van der Waals surface area contributed by atoms with Gasteiger partial charge in [0.25, 0.3) is 0 Å². The molecule has 2 heterocycles. The maximum absolute atomic E-state index is 11.8. The number of carbonyl (C=O) groups is 2. The maximum Gasteiger partial charge on any atom is 0.353 e. The Kier molecular flexibility index (Phi) is 2.98. The first-order valence-corrected chi connectivity index (χ1v) is 6.25. The minimum absolute atomic E-state index is 0.0991. The van der Waals surface area contributed by atoms with Crippen LogP contribution in [-0.4, -0.2) is 30.3 Å². The zero-order valence-electron chi connectivity index (χ0n) is 10.3. The van der Waals surface area contributed by atoms with Crippen molar-refractivity contribution in [3.63, 3.8) is 0 Å². The largest absolute Gasteiger partial charge is 0.462 e. The molecule has 100 valence electrons. The number of esters is 2. The lowest BCUT2D eigenvalue weighted by Crippen LogP contribution is -2.45. The number of carbonyl (C=O) groups excluding carboxylic acids is 2. The van der Waals surface area contributed by atoms with E-state index in [-0.39, 0.29) is 13.0 Å². The molecule has 1 spiro atoms. The van der Waals surface area contributed by atoms with Crippen molar-refractivity contribution in [1.82, 2.24) is 0 Å². The van der Waals surface area contributed by atoms with Crippen LogP contribution in [0.25, 0.3) is 0 Å². The average Bonchev–Trinajstić information content (AvgIpc) is 2.93. The Morgan fingerprint density at radius 1 is 1.26 bits per heavy atom. The second kappa shape index (κ2) is 4.66. The second-order valence-corrected chi connectivity index (χ2v) is 4.74. The van der Waals surface area contributed by atoms with E-state index < -0.39 is 23.6 Å². The van der Waals surface area contributed by atoms with Crippen LogP contribution in [0.2, 0.25) is 0 Å². The van der Waals surface area contributed by atoms with Crippen molar-refractivity contribution >= 4 is 11.9 Å². The van der Waals surface area contributed by atoms with E-state index in [4.69, 9.17) is 14.2 Å². The van der Waals surface area contributed by atoms with Gasteiger partial charge in [-0.3, -0.25) is 4.79 Å². The minimum Gasteiger partial charge on any atom is -0.462 e. The predicted molar refractivity (Wildman–Crippen MR) is 64.0 cm³/mol. The van der Waals surface area contributed by atoms with Gasteiger partial charge in [0.2, 0.25) is 5.60 Å².